The van der Waals surface area contributed by atoms with Gasteiger partial charge in [0.2, 0.25) is 11.9 Å². The molecule has 4 rings (SSSR count). The number of carbonyl (C=O) groups is 2. The van der Waals surface area contributed by atoms with Gasteiger partial charge in [-0.15, -0.1) is 11.6 Å². The Morgan fingerprint density at radius 3 is 2.52 bits per heavy atom. The summed E-state index contributed by atoms with van der Waals surface area (Å²) in [6.45, 7) is 6.33. The number of ether oxygens (including phenoxy) is 2. The van der Waals surface area contributed by atoms with Crippen LogP contribution in [-0.4, -0.2) is 77.2 Å². The second kappa shape index (κ2) is 13.9. The van der Waals surface area contributed by atoms with E-state index in [1.165, 1.54) is 4.90 Å². The van der Waals surface area contributed by atoms with Gasteiger partial charge in [-0.1, -0.05) is 18.2 Å². The molecule has 234 valence electrons. The zero-order valence-electron chi connectivity index (χ0n) is 26.3. The highest BCUT2D eigenvalue weighted by Crippen LogP contribution is 2.38. The number of halogens is 1. The van der Waals surface area contributed by atoms with E-state index in [1.54, 1.807) is 26.4 Å². The minimum Gasteiger partial charge on any atom is -0.494 e. The molecule has 2 aromatic heterocycles. The summed E-state index contributed by atoms with van der Waals surface area (Å²) in [7, 11) is 7.13. The summed E-state index contributed by atoms with van der Waals surface area (Å²) in [6, 6.07) is 13.6. The fourth-order valence-corrected chi connectivity index (χ4v) is 4.81. The Morgan fingerprint density at radius 1 is 1.07 bits per heavy atom. The molecular weight excluding hydrogens is 582 g/mol. The van der Waals surface area contributed by atoms with E-state index in [-0.39, 0.29) is 18.2 Å². The summed E-state index contributed by atoms with van der Waals surface area (Å²) in [5.41, 5.74) is 4.06. The number of para-hydroxylation sites is 1. The number of methoxy groups -OCH3 is 1. The Labute approximate surface area is 263 Å². The zero-order chi connectivity index (χ0) is 32.0. The molecule has 0 atom stereocenters. The Hall–Kier alpha value is -4.51. The molecule has 0 unspecified atom stereocenters. The number of hydrogen-bond acceptors (Lipinski definition) is 8. The van der Waals surface area contributed by atoms with E-state index in [4.69, 9.17) is 26.1 Å². The maximum atomic E-state index is 12.6. The number of amides is 2. The fraction of sp³-hybridized carbons (Fsp3) is 0.375. The fourth-order valence-electron chi connectivity index (χ4n) is 4.64. The number of fused-ring (bicyclic) bond motifs is 1. The standard InChI is InChI=1S/C32H40ClN7O4/c1-32(2,3)44-31(42)39(5)17-16-38(4)27-19-28(43-7)25(18-24(27)35-29(41)12-14-33)37-30-34-15-13-23(36-30)22-20-40(6)26-11-9-8-10-21(22)26/h8-11,13,15,18-20H,12,14,16-17H2,1-7H3,(H,35,41)(H,34,36,37). The van der Waals surface area contributed by atoms with Gasteiger partial charge in [-0.05, 0) is 39.0 Å². The van der Waals surface area contributed by atoms with Crippen LogP contribution in [0, 0.1) is 0 Å². The van der Waals surface area contributed by atoms with Crippen molar-refractivity contribution >= 4 is 57.5 Å². The van der Waals surface area contributed by atoms with Gasteiger partial charge in [0.15, 0.2) is 0 Å². The molecule has 2 heterocycles. The van der Waals surface area contributed by atoms with Crippen LogP contribution in [0.2, 0.25) is 0 Å². The highest BCUT2D eigenvalue weighted by Gasteiger charge is 2.21. The Morgan fingerprint density at radius 2 is 1.82 bits per heavy atom. The number of anilines is 4. The van der Waals surface area contributed by atoms with Crippen molar-refractivity contribution in [1.82, 2.24) is 19.4 Å². The second-order valence-electron chi connectivity index (χ2n) is 11.4. The smallest absolute Gasteiger partial charge is 0.410 e. The van der Waals surface area contributed by atoms with E-state index in [2.05, 4.69) is 32.3 Å². The molecule has 0 saturated heterocycles. The summed E-state index contributed by atoms with van der Waals surface area (Å²) >= 11 is 5.84. The van der Waals surface area contributed by atoms with Crippen molar-refractivity contribution in [3.8, 4) is 17.0 Å². The van der Waals surface area contributed by atoms with Gasteiger partial charge in [0.05, 0.1) is 29.9 Å². The molecule has 0 saturated carbocycles. The maximum absolute atomic E-state index is 12.6. The third-order valence-electron chi connectivity index (χ3n) is 6.88. The van der Waals surface area contributed by atoms with Crippen molar-refractivity contribution in [2.45, 2.75) is 32.8 Å². The lowest BCUT2D eigenvalue weighted by molar-refractivity contribution is -0.115. The van der Waals surface area contributed by atoms with Gasteiger partial charge in [-0.2, -0.15) is 0 Å². The van der Waals surface area contributed by atoms with Crippen molar-refractivity contribution in [3.63, 3.8) is 0 Å². The SMILES string of the molecule is COc1cc(N(C)CCN(C)C(=O)OC(C)(C)C)c(NC(=O)CCCl)cc1Nc1nccc(-c2cn(C)c3ccccc23)n1. The summed E-state index contributed by atoms with van der Waals surface area (Å²) in [4.78, 5) is 37.8. The van der Waals surface area contributed by atoms with E-state index in [9.17, 15) is 9.59 Å². The molecule has 0 radical (unpaired) electrons. The molecule has 2 N–H and O–H groups in total. The monoisotopic (exact) mass is 621 g/mol. The first-order chi connectivity index (χ1) is 20.9. The molecule has 0 aliphatic rings. The van der Waals surface area contributed by atoms with Gasteiger partial charge in [-0.25, -0.2) is 14.8 Å². The van der Waals surface area contributed by atoms with Crippen LogP contribution in [0.5, 0.6) is 5.75 Å². The van der Waals surface area contributed by atoms with Gasteiger partial charge < -0.3 is 34.5 Å². The van der Waals surface area contributed by atoms with Crippen LogP contribution >= 0.6 is 11.6 Å². The quantitative estimate of drug-likeness (QED) is 0.189. The third-order valence-corrected chi connectivity index (χ3v) is 7.06. The Kier molecular flexibility index (Phi) is 10.2. The number of nitrogens with zero attached hydrogens (tertiary/aromatic N) is 5. The highest BCUT2D eigenvalue weighted by molar-refractivity contribution is 6.19. The van der Waals surface area contributed by atoms with Gasteiger partial charge >= 0.3 is 6.09 Å². The molecule has 2 aromatic carbocycles. The topological polar surface area (TPSA) is 114 Å². The number of rotatable bonds is 11. The van der Waals surface area contributed by atoms with Crippen LogP contribution in [0.25, 0.3) is 22.2 Å². The largest absolute Gasteiger partial charge is 0.494 e. The van der Waals surface area contributed by atoms with Crippen LogP contribution in [0.4, 0.5) is 27.8 Å². The minimum absolute atomic E-state index is 0.150. The third kappa shape index (κ3) is 7.90. The number of hydrogen-bond donors (Lipinski definition) is 2. The number of alkyl halides is 1. The molecular formula is C32H40ClN7O4. The highest BCUT2D eigenvalue weighted by atomic mass is 35.5. The number of aryl methyl sites for hydroxylation is 1. The first-order valence-corrected chi connectivity index (χ1v) is 14.8. The van der Waals surface area contributed by atoms with E-state index in [0.717, 1.165) is 22.2 Å². The molecule has 0 aliphatic heterocycles. The van der Waals surface area contributed by atoms with Gasteiger partial charge in [0.25, 0.3) is 0 Å². The lowest BCUT2D eigenvalue weighted by Crippen LogP contribution is -2.38. The second-order valence-corrected chi connectivity index (χ2v) is 11.8. The molecule has 0 spiro atoms. The molecule has 2 amide bonds. The van der Waals surface area contributed by atoms with E-state index in [1.807, 2.05) is 70.2 Å². The Bertz CT molecular complexity index is 1630. The first-order valence-electron chi connectivity index (χ1n) is 14.3. The normalized spacial score (nSPS) is 11.3. The number of carbonyl (C=O) groups excluding carboxylic acids is 2. The maximum Gasteiger partial charge on any atom is 0.410 e. The van der Waals surface area contributed by atoms with Crippen LogP contribution in [-0.2, 0) is 16.6 Å². The summed E-state index contributed by atoms with van der Waals surface area (Å²) in [5.74, 6) is 0.841. The number of nitrogens with one attached hydrogen (secondary N) is 2. The van der Waals surface area contributed by atoms with Gasteiger partial charge in [0.1, 0.15) is 11.4 Å². The van der Waals surface area contributed by atoms with Gasteiger partial charge in [-0.3, -0.25) is 4.79 Å². The molecule has 44 heavy (non-hydrogen) atoms. The first kappa shape index (κ1) is 32.4. The molecule has 12 heteroatoms. The van der Waals surface area contributed by atoms with E-state index < -0.39 is 11.7 Å². The van der Waals surface area contributed by atoms with Gasteiger partial charge in [0, 0.05) is 81.5 Å². The lowest BCUT2D eigenvalue weighted by atomic mass is 10.1. The van der Waals surface area contributed by atoms with Crippen LogP contribution in [0.1, 0.15) is 27.2 Å². The van der Waals surface area contributed by atoms with Crippen molar-refractivity contribution in [1.29, 1.82) is 0 Å². The summed E-state index contributed by atoms with van der Waals surface area (Å²) in [6.07, 6.45) is 3.49. The van der Waals surface area contributed by atoms with Crippen molar-refractivity contribution in [3.05, 3.63) is 54.9 Å². The number of aromatic nitrogens is 3. The number of likely N-dealkylation sites (N-methyl/N-ethyl adjacent to an activating group) is 2. The van der Waals surface area contributed by atoms with Crippen LogP contribution < -0.4 is 20.3 Å². The minimum atomic E-state index is -0.592. The van der Waals surface area contributed by atoms with Crippen molar-refractivity contribution in [2.24, 2.45) is 7.05 Å². The number of benzene rings is 2. The molecule has 0 aliphatic carbocycles. The van der Waals surface area contributed by atoms with Crippen molar-refractivity contribution in [2.75, 3.05) is 55.7 Å². The Balaban J connectivity index is 1.63. The van der Waals surface area contributed by atoms with E-state index >= 15 is 0 Å². The van der Waals surface area contributed by atoms with Crippen molar-refractivity contribution < 1.29 is 19.1 Å². The zero-order valence-corrected chi connectivity index (χ0v) is 27.0. The molecule has 11 nitrogen and oxygen atoms in total. The molecule has 0 bridgehead atoms. The molecule has 4 aromatic rings. The van der Waals surface area contributed by atoms with Crippen LogP contribution in [0.15, 0.2) is 54.9 Å². The van der Waals surface area contributed by atoms with E-state index in [0.29, 0.717) is 41.8 Å². The summed E-state index contributed by atoms with van der Waals surface area (Å²) in [5, 5.41) is 7.32. The predicted molar refractivity (Wildman–Crippen MR) is 176 cm³/mol. The molecule has 0 fully saturated rings. The average molecular weight is 622 g/mol. The lowest BCUT2D eigenvalue weighted by Gasteiger charge is -2.28. The predicted octanol–water partition coefficient (Wildman–Crippen LogP) is 6.26. The van der Waals surface area contributed by atoms with Crippen LogP contribution in [0.3, 0.4) is 0 Å². The average Bonchev–Trinajstić information content (AvgIpc) is 3.31. The summed E-state index contributed by atoms with van der Waals surface area (Å²) < 4.78 is 13.3.